The third-order valence-corrected chi connectivity index (χ3v) is 1.40. The zero-order valence-corrected chi connectivity index (χ0v) is 7.52. The van der Waals surface area contributed by atoms with Crippen LogP contribution in [0.5, 0.6) is 0 Å². The Labute approximate surface area is 68.1 Å². The number of nitrogens with one attached hydrogen (secondary N) is 1. The van der Waals surface area contributed by atoms with Crippen LogP contribution in [0.25, 0.3) is 0 Å². The van der Waals surface area contributed by atoms with Crippen LogP contribution >= 0.6 is 0 Å². The van der Waals surface area contributed by atoms with E-state index < -0.39 is 0 Å². The Balaban J connectivity index is 3.40. The zero-order valence-electron chi connectivity index (χ0n) is 7.52. The molecule has 11 heavy (non-hydrogen) atoms. The van der Waals surface area contributed by atoms with Gasteiger partial charge in [-0.2, -0.15) is 0 Å². The Bertz CT molecular complexity index is 115. The topological polar surface area (TPSA) is 38.3 Å². The van der Waals surface area contributed by atoms with E-state index in [1.165, 1.54) is 7.11 Å². The van der Waals surface area contributed by atoms with E-state index in [2.05, 4.69) is 17.0 Å². The number of carbonyl (C=O) groups is 1. The third-order valence-electron chi connectivity index (χ3n) is 1.40. The summed E-state index contributed by atoms with van der Waals surface area (Å²) < 4.78 is 4.67. The summed E-state index contributed by atoms with van der Waals surface area (Å²) in [7, 11) is 1.52. The van der Waals surface area contributed by atoms with Crippen LogP contribution in [0, 0.1) is 0 Å². The van der Waals surface area contributed by atoms with Gasteiger partial charge in [-0.1, -0.05) is 13.3 Å². The van der Waals surface area contributed by atoms with Crippen LogP contribution in [0.3, 0.4) is 0 Å². The average Bonchev–Trinajstić information content (AvgIpc) is 1.87. The molecule has 1 N–H and O–H groups in total. The maximum absolute atomic E-state index is 10.9. The molecule has 1 atom stereocenters. The zero-order chi connectivity index (χ0) is 8.69. The fourth-order valence-corrected chi connectivity index (χ4v) is 0.953. The van der Waals surface area contributed by atoms with E-state index >= 15 is 0 Å². The van der Waals surface area contributed by atoms with Gasteiger partial charge in [0.2, 0.25) is 5.91 Å². The van der Waals surface area contributed by atoms with E-state index in [1.54, 1.807) is 0 Å². The molecule has 3 nitrogen and oxygen atoms in total. The maximum Gasteiger partial charge on any atom is 0.246 e. The fourth-order valence-electron chi connectivity index (χ4n) is 0.953. The second-order valence-corrected chi connectivity index (χ2v) is 2.69. The van der Waals surface area contributed by atoms with E-state index in [9.17, 15) is 4.79 Å². The van der Waals surface area contributed by atoms with Crippen LogP contribution in [0.2, 0.25) is 0 Å². The van der Waals surface area contributed by atoms with Gasteiger partial charge >= 0.3 is 0 Å². The molecule has 0 aliphatic carbocycles. The van der Waals surface area contributed by atoms with Crippen molar-refractivity contribution in [2.75, 3.05) is 13.7 Å². The Kier molecular flexibility index (Phi) is 5.84. The lowest BCUT2D eigenvalue weighted by molar-refractivity contribution is -0.125. The third kappa shape index (κ3) is 5.85. The smallest absolute Gasteiger partial charge is 0.246 e. The summed E-state index contributed by atoms with van der Waals surface area (Å²) in [6.07, 6.45) is 2.11. The SMILES string of the molecule is CCC[C@@H](C)NC(=O)COC. The Morgan fingerprint density at radius 1 is 1.64 bits per heavy atom. The summed E-state index contributed by atoms with van der Waals surface area (Å²) in [5, 5.41) is 2.82. The highest BCUT2D eigenvalue weighted by Crippen LogP contribution is 1.93. The molecule has 66 valence electrons. The first-order valence-electron chi connectivity index (χ1n) is 3.99. The highest BCUT2D eigenvalue weighted by molar-refractivity contribution is 5.77. The predicted octanol–water partition coefficient (Wildman–Crippen LogP) is 0.938. The summed E-state index contributed by atoms with van der Waals surface area (Å²) in [4.78, 5) is 10.9. The van der Waals surface area contributed by atoms with Crippen molar-refractivity contribution >= 4 is 5.91 Å². The van der Waals surface area contributed by atoms with Crippen molar-refractivity contribution in [3.8, 4) is 0 Å². The van der Waals surface area contributed by atoms with Gasteiger partial charge in [-0.25, -0.2) is 0 Å². The molecule has 0 saturated carbocycles. The molecule has 0 aromatic rings. The highest BCUT2D eigenvalue weighted by atomic mass is 16.5. The van der Waals surface area contributed by atoms with Gasteiger partial charge in [0, 0.05) is 13.2 Å². The number of ether oxygens (including phenoxy) is 1. The molecule has 0 saturated heterocycles. The van der Waals surface area contributed by atoms with Crippen molar-refractivity contribution in [2.24, 2.45) is 0 Å². The minimum atomic E-state index is -0.0338. The summed E-state index contributed by atoms with van der Waals surface area (Å²) in [5.74, 6) is -0.0338. The van der Waals surface area contributed by atoms with Crippen molar-refractivity contribution in [2.45, 2.75) is 32.7 Å². The molecule has 0 aliphatic heterocycles. The van der Waals surface area contributed by atoms with Crippen molar-refractivity contribution in [3.63, 3.8) is 0 Å². The summed E-state index contributed by atoms with van der Waals surface area (Å²) in [6, 6.07) is 0.266. The lowest BCUT2D eigenvalue weighted by atomic mass is 10.2. The maximum atomic E-state index is 10.9. The molecule has 0 unspecified atom stereocenters. The van der Waals surface area contributed by atoms with Gasteiger partial charge in [0.1, 0.15) is 6.61 Å². The number of hydrogen-bond acceptors (Lipinski definition) is 2. The molecule has 0 bridgehead atoms. The van der Waals surface area contributed by atoms with Crippen molar-refractivity contribution in [3.05, 3.63) is 0 Å². The Morgan fingerprint density at radius 3 is 2.73 bits per heavy atom. The molecule has 0 fully saturated rings. The number of carbonyl (C=O) groups excluding carboxylic acids is 1. The molecular formula is C8H17NO2. The van der Waals surface area contributed by atoms with Crippen LogP contribution < -0.4 is 5.32 Å². The van der Waals surface area contributed by atoms with Crippen LogP contribution in [0.4, 0.5) is 0 Å². The fraction of sp³-hybridized carbons (Fsp3) is 0.875. The van der Waals surface area contributed by atoms with Crippen LogP contribution in [0.1, 0.15) is 26.7 Å². The molecule has 0 spiro atoms. The molecule has 0 aromatic carbocycles. The second-order valence-electron chi connectivity index (χ2n) is 2.69. The molecule has 0 aliphatic rings. The van der Waals surface area contributed by atoms with Gasteiger partial charge in [-0.05, 0) is 13.3 Å². The van der Waals surface area contributed by atoms with Gasteiger partial charge in [-0.3, -0.25) is 4.79 Å². The van der Waals surface area contributed by atoms with Crippen LogP contribution in [-0.2, 0) is 9.53 Å². The highest BCUT2D eigenvalue weighted by Gasteiger charge is 2.04. The van der Waals surface area contributed by atoms with E-state index in [4.69, 9.17) is 0 Å². The minimum Gasteiger partial charge on any atom is -0.375 e. The number of hydrogen-bond donors (Lipinski definition) is 1. The van der Waals surface area contributed by atoms with Crippen LogP contribution in [-0.4, -0.2) is 25.7 Å². The van der Waals surface area contributed by atoms with E-state index in [1.807, 2.05) is 6.92 Å². The lowest BCUT2D eigenvalue weighted by Crippen LogP contribution is -2.34. The van der Waals surface area contributed by atoms with E-state index in [0.717, 1.165) is 12.8 Å². The van der Waals surface area contributed by atoms with Gasteiger partial charge in [0.05, 0.1) is 0 Å². The predicted molar refractivity (Wildman–Crippen MR) is 44.4 cm³/mol. The summed E-state index contributed by atoms with van der Waals surface area (Å²) >= 11 is 0. The largest absolute Gasteiger partial charge is 0.375 e. The normalized spacial score (nSPS) is 12.6. The van der Waals surface area contributed by atoms with Crippen molar-refractivity contribution in [1.29, 1.82) is 0 Å². The first-order chi connectivity index (χ1) is 5.20. The first-order valence-corrected chi connectivity index (χ1v) is 3.99. The minimum absolute atomic E-state index is 0.0338. The lowest BCUT2D eigenvalue weighted by Gasteiger charge is -2.11. The molecule has 0 rings (SSSR count). The van der Waals surface area contributed by atoms with E-state index in [0.29, 0.717) is 0 Å². The van der Waals surface area contributed by atoms with Crippen LogP contribution in [0.15, 0.2) is 0 Å². The monoisotopic (exact) mass is 159 g/mol. The first kappa shape index (κ1) is 10.4. The average molecular weight is 159 g/mol. The number of methoxy groups -OCH3 is 1. The standard InChI is InChI=1S/C8H17NO2/c1-4-5-7(2)9-8(10)6-11-3/h7H,4-6H2,1-3H3,(H,9,10)/t7-/m1/s1. The molecule has 3 heteroatoms. The summed E-state index contributed by atoms with van der Waals surface area (Å²) in [6.45, 7) is 4.25. The summed E-state index contributed by atoms with van der Waals surface area (Å²) in [5.41, 5.74) is 0. The van der Waals surface area contributed by atoms with Gasteiger partial charge in [0.25, 0.3) is 0 Å². The van der Waals surface area contributed by atoms with Gasteiger partial charge < -0.3 is 10.1 Å². The van der Waals surface area contributed by atoms with Crippen molar-refractivity contribution in [1.82, 2.24) is 5.32 Å². The molecule has 1 amide bonds. The molecular weight excluding hydrogens is 142 g/mol. The second kappa shape index (κ2) is 6.16. The van der Waals surface area contributed by atoms with Gasteiger partial charge in [0.15, 0.2) is 0 Å². The number of amides is 1. The Morgan fingerprint density at radius 2 is 2.27 bits per heavy atom. The molecule has 0 aromatic heterocycles. The Hall–Kier alpha value is -0.570. The van der Waals surface area contributed by atoms with E-state index in [-0.39, 0.29) is 18.6 Å². The quantitative estimate of drug-likeness (QED) is 0.648. The molecule has 0 heterocycles. The number of rotatable bonds is 5. The van der Waals surface area contributed by atoms with Crippen molar-refractivity contribution < 1.29 is 9.53 Å². The van der Waals surface area contributed by atoms with Gasteiger partial charge in [-0.15, -0.1) is 0 Å². The molecule has 0 radical (unpaired) electrons.